The number of carbonyl (C=O) groups is 1. The first-order valence-electron chi connectivity index (χ1n) is 10.3. The Balaban J connectivity index is 1.43. The van der Waals surface area contributed by atoms with Crippen molar-refractivity contribution in [3.05, 3.63) is 68.3 Å². The molecule has 9 heteroatoms. The van der Waals surface area contributed by atoms with Gasteiger partial charge in [-0.1, -0.05) is 30.0 Å². The van der Waals surface area contributed by atoms with E-state index in [0.29, 0.717) is 21.9 Å². The summed E-state index contributed by atoms with van der Waals surface area (Å²) in [5.41, 5.74) is 0.853. The van der Waals surface area contributed by atoms with Crippen LogP contribution in [-0.2, 0) is 11.3 Å². The number of carbonyl (C=O) groups excluding carboxylic acids is 1. The zero-order chi connectivity index (χ0) is 22.1. The Morgan fingerprint density at radius 3 is 2.84 bits per heavy atom. The van der Waals surface area contributed by atoms with Crippen LogP contribution >= 0.6 is 45.8 Å². The molecule has 0 N–H and O–H groups in total. The highest BCUT2D eigenvalue weighted by molar-refractivity contribution is 7.99. The van der Waals surface area contributed by atoms with E-state index in [1.165, 1.54) is 28.0 Å². The fourth-order valence-electron chi connectivity index (χ4n) is 4.07. The second-order valence-electron chi connectivity index (χ2n) is 7.45. The van der Waals surface area contributed by atoms with Gasteiger partial charge in [-0.3, -0.25) is 14.2 Å². The van der Waals surface area contributed by atoms with Crippen molar-refractivity contribution in [3.8, 4) is 10.4 Å². The van der Waals surface area contributed by atoms with Gasteiger partial charge in [0.2, 0.25) is 5.91 Å². The van der Waals surface area contributed by atoms with E-state index >= 15 is 0 Å². The van der Waals surface area contributed by atoms with Crippen LogP contribution in [0.25, 0.3) is 20.7 Å². The molecule has 5 nitrogen and oxygen atoms in total. The standard InChI is InChI=1S/C23H21N3O2S4/c1-2-9-26-22(28)20-15(17-7-4-11-29-17)13-31-21(20)24-23(26)32-14-19(27)25-10-3-6-16(25)18-8-5-12-30-18/h2,4-5,7-8,11-13,16H,1,3,6,9-10,14H2. The van der Waals surface area contributed by atoms with Crippen molar-refractivity contribution >= 4 is 61.9 Å². The maximum absolute atomic E-state index is 13.4. The first kappa shape index (κ1) is 21.6. The molecular formula is C23H21N3O2S4. The van der Waals surface area contributed by atoms with Gasteiger partial charge in [-0.2, -0.15) is 0 Å². The molecule has 0 spiro atoms. The third kappa shape index (κ3) is 3.98. The molecule has 1 amide bonds. The van der Waals surface area contributed by atoms with Gasteiger partial charge in [0.1, 0.15) is 4.83 Å². The number of fused-ring (bicyclic) bond motifs is 1. The van der Waals surface area contributed by atoms with Crippen LogP contribution in [0.15, 0.2) is 63.0 Å². The Morgan fingerprint density at radius 2 is 2.09 bits per heavy atom. The van der Waals surface area contributed by atoms with Crippen molar-refractivity contribution in [2.45, 2.75) is 30.6 Å². The molecule has 0 aliphatic carbocycles. The molecule has 0 saturated carbocycles. The van der Waals surface area contributed by atoms with Crippen LogP contribution in [-0.4, -0.2) is 32.7 Å². The zero-order valence-corrected chi connectivity index (χ0v) is 20.5. The van der Waals surface area contributed by atoms with Crippen LogP contribution in [0.1, 0.15) is 23.8 Å². The van der Waals surface area contributed by atoms with E-state index < -0.39 is 0 Å². The van der Waals surface area contributed by atoms with Crippen molar-refractivity contribution in [1.82, 2.24) is 14.5 Å². The Hall–Kier alpha value is -2.20. The minimum atomic E-state index is -0.0767. The number of aromatic nitrogens is 2. The molecule has 164 valence electrons. The van der Waals surface area contributed by atoms with E-state index in [9.17, 15) is 9.59 Å². The van der Waals surface area contributed by atoms with E-state index in [1.807, 2.05) is 33.9 Å². The number of thioether (sulfide) groups is 1. The second-order valence-corrected chi connectivity index (χ2v) is 11.2. The molecule has 4 aromatic heterocycles. The van der Waals surface area contributed by atoms with Crippen LogP contribution in [0, 0.1) is 0 Å². The third-order valence-electron chi connectivity index (χ3n) is 5.53. The van der Waals surface area contributed by atoms with E-state index in [4.69, 9.17) is 4.98 Å². The van der Waals surface area contributed by atoms with Crippen molar-refractivity contribution in [2.24, 2.45) is 0 Å². The van der Waals surface area contributed by atoms with Crippen LogP contribution < -0.4 is 5.56 Å². The number of hydrogen-bond acceptors (Lipinski definition) is 7. The molecular weight excluding hydrogens is 479 g/mol. The fraction of sp³-hybridized carbons (Fsp3) is 0.261. The molecule has 1 aliphatic rings. The van der Waals surface area contributed by atoms with E-state index in [1.54, 1.807) is 33.3 Å². The Morgan fingerprint density at radius 1 is 1.25 bits per heavy atom. The van der Waals surface area contributed by atoms with Gasteiger partial charge in [-0.25, -0.2) is 4.98 Å². The van der Waals surface area contributed by atoms with Gasteiger partial charge in [0.25, 0.3) is 5.56 Å². The highest BCUT2D eigenvalue weighted by Gasteiger charge is 2.30. The molecule has 32 heavy (non-hydrogen) atoms. The first-order chi connectivity index (χ1) is 15.7. The number of allylic oxidation sites excluding steroid dienone is 1. The quantitative estimate of drug-likeness (QED) is 0.181. The number of likely N-dealkylation sites (tertiary alicyclic amines) is 1. The molecule has 4 aromatic rings. The molecule has 0 aromatic carbocycles. The average Bonchev–Trinajstić information content (AvgIpc) is 3.60. The van der Waals surface area contributed by atoms with Gasteiger partial charge in [-0.05, 0) is 35.7 Å². The van der Waals surface area contributed by atoms with Gasteiger partial charge in [0, 0.05) is 33.8 Å². The van der Waals surface area contributed by atoms with E-state index in [2.05, 4.69) is 18.0 Å². The number of hydrogen-bond donors (Lipinski definition) is 0. The number of nitrogens with zero attached hydrogens (tertiary/aromatic N) is 3. The molecule has 0 bridgehead atoms. The topological polar surface area (TPSA) is 55.2 Å². The summed E-state index contributed by atoms with van der Waals surface area (Å²) in [6, 6.07) is 8.31. The largest absolute Gasteiger partial charge is 0.334 e. The second kappa shape index (κ2) is 9.35. The molecule has 0 radical (unpaired) electrons. The van der Waals surface area contributed by atoms with Crippen LogP contribution in [0.2, 0.25) is 0 Å². The number of rotatable bonds is 7. The summed E-state index contributed by atoms with van der Waals surface area (Å²) >= 11 is 6.13. The summed E-state index contributed by atoms with van der Waals surface area (Å²) in [6.45, 7) is 4.95. The maximum atomic E-state index is 13.4. The van der Waals surface area contributed by atoms with Crippen molar-refractivity contribution in [1.29, 1.82) is 0 Å². The smallest absolute Gasteiger partial charge is 0.263 e. The summed E-state index contributed by atoms with van der Waals surface area (Å²) < 4.78 is 1.64. The minimum Gasteiger partial charge on any atom is -0.334 e. The van der Waals surface area contributed by atoms with E-state index in [-0.39, 0.29) is 23.3 Å². The average molecular weight is 500 g/mol. The van der Waals surface area contributed by atoms with Crippen molar-refractivity contribution < 1.29 is 4.79 Å². The molecule has 1 atom stereocenters. The van der Waals surface area contributed by atoms with Gasteiger partial charge < -0.3 is 4.90 Å². The van der Waals surface area contributed by atoms with Crippen LogP contribution in [0.5, 0.6) is 0 Å². The normalized spacial score (nSPS) is 16.1. The lowest BCUT2D eigenvalue weighted by atomic mass is 10.2. The third-order valence-corrected chi connectivity index (χ3v) is 9.24. The predicted molar refractivity (Wildman–Crippen MR) is 136 cm³/mol. The molecule has 1 fully saturated rings. The Kier molecular flexibility index (Phi) is 6.32. The summed E-state index contributed by atoms with van der Waals surface area (Å²) in [6.07, 6.45) is 3.72. The SMILES string of the molecule is C=CCn1c(SCC(=O)N2CCCC2c2cccs2)nc2scc(-c3cccs3)c2c1=O. The lowest BCUT2D eigenvalue weighted by Gasteiger charge is -2.24. The van der Waals surface area contributed by atoms with Crippen LogP contribution in [0.4, 0.5) is 0 Å². The van der Waals surface area contributed by atoms with Gasteiger partial charge in [-0.15, -0.1) is 40.6 Å². The van der Waals surface area contributed by atoms with Gasteiger partial charge in [0.15, 0.2) is 5.16 Å². The van der Waals surface area contributed by atoms with Crippen molar-refractivity contribution in [2.75, 3.05) is 12.3 Å². The molecule has 5 heterocycles. The first-order valence-corrected chi connectivity index (χ1v) is 13.9. The Labute approximate surface area is 202 Å². The summed E-state index contributed by atoms with van der Waals surface area (Å²) in [4.78, 5) is 36.3. The minimum absolute atomic E-state index is 0.0767. The predicted octanol–water partition coefficient (Wildman–Crippen LogP) is 5.89. The monoisotopic (exact) mass is 499 g/mol. The Bertz CT molecular complexity index is 1310. The van der Waals surface area contributed by atoms with Gasteiger partial charge >= 0.3 is 0 Å². The van der Waals surface area contributed by atoms with Crippen LogP contribution in [0.3, 0.4) is 0 Å². The highest BCUT2D eigenvalue weighted by atomic mass is 32.2. The highest BCUT2D eigenvalue weighted by Crippen LogP contribution is 2.36. The summed E-state index contributed by atoms with van der Waals surface area (Å²) in [5.74, 6) is 0.357. The molecule has 1 saturated heterocycles. The van der Waals surface area contributed by atoms with E-state index in [0.717, 1.165) is 29.8 Å². The lowest BCUT2D eigenvalue weighted by Crippen LogP contribution is -2.32. The molecule has 1 aliphatic heterocycles. The summed E-state index contributed by atoms with van der Waals surface area (Å²) in [5, 5.41) is 7.28. The molecule has 1 unspecified atom stereocenters. The number of thiophene rings is 3. The lowest BCUT2D eigenvalue weighted by molar-refractivity contribution is -0.129. The van der Waals surface area contributed by atoms with Crippen molar-refractivity contribution in [3.63, 3.8) is 0 Å². The zero-order valence-electron chi connectivity index (χ0n) is 17.2. The number of amides is 1. The maximum Gasteiger partial charge on any atom is 0.263 e. The fourth-order valence-corrected chi connectivity index (χ4v) is 7.64. The van der Waals surface area contributed by atoms with Gasteiger partial charge in [0.05, 0.1) is 17.2 Å². The summed E-state index contributed by atoms with van der Waals surface area (Å²) in [7, 11) is 0. The molecule has 5 rings (SSSR count).